The Labute approximate surface area is 140 Å². The fourth-order valence-electron chi connectivity index (χ4n) is 2.43. The zero-order valence-corrected chi connectivity index (χ0v) is 14.5. The first-order valence-corrected chi connectivity index (χ1v) is 9.21. The molecule has 0 saturated carbocycles. The molecule has 0 saturated heterocycles. The first-order chi connectivity index (χ1) is 11.4. The lowest BCUT2D eigenvalue weighted by Crippen LogP contribution is -2.13. The van der Waals surface area contributed by atoms with Gasteiger partial charge in [-0.15, -0.1) is 0 Å². The number of hydrogen-bond donors (Lipinski definition) is 0. The summed E-state index contributed by atoms with van der Waals surface area (Å²) in [6.07, 6.45) is 3.68. The summed E-state index contributed by atoms with van der Waals surface area (Å²) < 4.78 is 32.0. The minimum absolute atomic E-state index is 0.0287. The molecule has 0 amide bonds. The molecule has 0 aliphatic carbocycles. The predicted octanol–water partition coefficient (Wildman–Crippen LogP) is 2.41. The van der Waals surface area contributed by atoms with Crippen molar-refractivity contribution in [2.75, 3.05) is 0 Å². The van der Waals surface area contributed by atoms with E-state index in [0.717, 1.165) is 16.8 Å². The third-order valence-electron chi connectivity index (χ3n) is 3.85. The predicted molar refractivity (Wildman–Crippen MR) is 87.6 cm³/mol. The van der Waals surface area contributed by atoms with Crippen molar-refractivity contribution < 1.29 is 12.9 Å². The highest BCUT2D eigenvalue weighted by atomic mass is 32.2. The summed E-state index contributed by atoms with van der Waals surface area (Å²) in [7, 11) is -3.71. The van der Waals surface area contributed by atoms with E-state index in [1.807, 2.05) is 39.0 Å². The Hall–Kier alpha value is -2.48. The molecule has 24 heavy (non-hydrogen) atoms. The lowest BCUT2D eigenvalue weighted by atomic mass is 10.1. The van der Waals surface area contributed by atoms with Gasteiger partial charge in [-0.3, -0.25) is 4.57 Å². The second-order valence-electron chi connectivity index (χ2n) is 5.52. The van der Waals surface area contributed by atoms with Crippen molar-refractivity contribution in [2.24, 2.45) is 0 Å². The monoisotopic (exact) mass is 346 g/mol. The molecule has 0 unspecified atom stereocenters. The van der Waals surface area contributed by atoms with Gasteiger partial charge in [-0.05, 0) is 31.0 Å². The Kier molecular flexibility index (Phi) is 4.23. The highest BCUT2D eigenvalue weighted by molar-refractivity contribution is 7.90. The van der Waals surface area contributed by atoms with Crippen LogP contribution in [0.5, 0.6) is 0 Å². The van der Waals surface area contributed by atoms with Crippen LogP contribution in [-0.2, 0) is 22.0 Å². The van der Waals surface area contributed by atoms with Crippen LogP contribution in [0.25, 0.3) is 5.69 Å². The van der Waals surface area contributed by atoms with Gasteiger partial charge in [0.1, 0.15) is 5.75 Å². The second kappa shape index (κ2) is 6.20. The number of aryl methyl sites for hydroxylation is 2. The van der Waals surface area contributed by atoms with Gasteiger partial charge < -0.3 is 4.52 Å². The fraction of sp³-hybridized carbons (Fsp3) is 0.312. The lowest BCUT2D eigenvalue weighted by Gasteiger charge is -2.12. The van der Waals surface area contributed by atoms with Crippen LogP contribution in [0.15, 0.2) is 40.3 Å². The SMILES string of the molecule is CCc1nc(CS(=O)(=O)c2nccn2-c2cccc(C)c2C)no1. The third kappa shape index (κ3) is 2.96. The van der Waals surface area contributed by atoms with E-state index in [1.165, 1.54) is 6.20 Å². The van der Waals surface area contributed by atoms with E-state index in [1.54, 1.807) is 10.8 Å². The summed E-state index contributed by atoms with van der Waals surface area (Å²) in [5.41, 5.74) is 2.86. The summed E-state index contributed by atoms with van der Waals surface area (Å²) in [6.45, 7) is 5.79. The minimum atomic E-state index is -3.71. The van der Waals surface area contributed by atoms with Crippen molar-refractivity contribution in [3.63, 3.8) is 0 Å². The standard InChI is InChI=1S/C16H18N4O3S/c1-4-15-18-14(19-23-15)10-24(21,22)16-17-8-9-20(16)13-7-5-6-11(2)12(13)3/h5-9H,4,10H2,1-3H3. The van der Waals surface area contributed by atoms with Gasteiger partial charge in [-0.1, -0.05) is 24.2 Å². The summed E-state index contributed by atoms with van der Waals surface area (Å²) in [5, 5.41) is 3.69. The van der Waals surface area contributed by atoms with Crippen LogP contribution in [0.2, 0.25) is 0 Å². The van der Waals surface area contributed by atoms with Crippen molar-refractivity contribution >= 4 is 9.84 Å². The maximum Gasteiger partial charge on any atom is 0.232 e. The number of sulfone groups is 1. The molecule has 2 aromatic heterocycles. The average molecular weight is 346 g/mol. The second-order valence-corrected chi connectivity index (χ2v) is 7.40. The first kappa shape index (κ1) is 16.4. The quantitative estimate of drug-likeness (QED) is 0.704. The van der Waals surface area contributed by atoms with Crippen molar-refractivity contribution in [1.82, 2.24) is 19.7 Å². The topological polar surface area (TPSA) is 90.9 Å². The van der Waals surface area contributed by atoms with E-state index >= 15 is 0 Å². The number of nitrogens with zero attached hydrogens (tertiary/aromatic N) is 4. The minimum Gasteiger partial charge on any atom is -0.339 e. The van der Waals surface area contributed by atoms with E-state index in [-0.39, 0.29) is 16.7 Å². The van der Waals surface area contributed by atoms with Crippen LogP contribution in [-0.4, -0.2) is 28.1 Å². The van der Waals surface area contributed by atoms with Gasteiger partial charge >= 0.3 is 0 Å². The van der Waals surface area contributed by atoms with Crippen LogP contribution >= 0.6 is 0 Å². The smallest absolute Gasteiger partial charge is 0.232 e. The largest absolute Gasteiger partial charge is 0.339 e. The summed E-state index contributed by atoms with van der Waals surface area (Å²) in [6, 6.07) is 5.74. The van der Waals surface area contributed by atoms with Gasteiger partial charge in [0.05, 0.1) is 5.69 Å². The molecule has 8 heteroatoms. The van der Waals surface area contributed by atoms with Gasteiger partial charge in [-0.25, -0.2) is 13.4 Å². The molecule has 126 valence electrons. The normalized spacial score (nSPS) is 11.8. The highest BCUT2D eigenvalue weighted by Crippen LogP contribution is 2.22. The molecule has 7 nitrogen and oxygen atoms in total. The van der Waals surface area contributed by atoms with E-state index in [2.05, 4.69) is 15.1 Å². The summed E-state index contributed by atoms with van der Waals surface area (Å²) in [5.74, 6) is 0.207. The van der Waals surface area contributed by atoms with Gasteiger partial charge in [0.15, 0.2) is 5.82 Å². The molecule has 3 aromatic rings. The number of hydrogen-bond acceptors (Lipinski definition) is 6. The number of aromatic nitrogens is 4. The Morgan fingerprint density at radius 3 is 2.75 bits per heavy atom. The Morgan fingerprint density at radius 2 is 2.04 bits per heavy atom. The fourth-order valence-corrected chi connectivity index (χ4v) is 3.69. The Morgan fingerprint density at radius 1 is 1.25 bits per heavy atom. The van der Waals surface area contributed by atoms with Crippen molar-refractivity contribution in [3.8, 4) is 5.69 Å². The van der Waals surface area contributed by atoms with Gasteiger partial charge in [0.2, 0.25) is 20.9 Å². The summed E-state index contributed by atoms with van der Waals surface area (Å²) >= 11 is 0. The van der Waals surface area contributed by atoms with Crippen LogP contribution in [0.3, 0.4) is 0 Å². The highest BCUT2D eigenvalue weighted by Gasteiger charge is 2.25. The van der Waals surface area contributed by atoms with Gasteiger partial charge in [0, 0.05) is 18.8 Å². The molecule has 0 aliphatic heterocycles. The zero-order valence-electron chi connectivity index (χ0n) is 13.7. The van der Waals surface area contributed by atoms with Gasteiger partial charge in [0.25, 0.3) is 0 Å². The molecule has 0 N–H and O–H groups in total. The Balaban J connectivity index is 2.01. The zero-order chi connectivity index (χ0) is 17.3. The third-order valence-corrected chi connectivity index (χ3v) is 5.35. The van der Waals surface area contributed by atoms with E-state index in [0.29, 0.717) is 12.3 Å². The maximum atomic E-state index is 12.7. The molecular weight excluding hydrogens is 328 g/mol. The molecule has 0 spiro atoms. The molecule has 1 aromatic carbocycles. The molecule has 0 bridgehead atoms. The molecule has 0 fully saturated rings. The van der Waals surface area contributed by atoms with E-state index < -0.39 is 9.84 Å². The van der Waals surface area contributed by atoms with E-state index in [4.69, 9.17) is 4.52 Å². The molecule has 0 aliphatic rings. The first-order valence-electron chi connectivity index (χ1n) is 7.56. The van der Waals surface area contributed by atoms with Gasteiger partial charge in [-0.2, -0.15) is 4.98 Å². The molecule has 2 heterocycles. The molecule has 0 radical (unpaired) electrons. The lowest BCUT2D eigenvalue weighted by molar-refractivity contribution is 0.378. The Bertz CT molecular complexity index is 973. The molecule has 0 atom stereocenters. The number of rotatable bonds is 5. The van der Waals surface area contributed by atoms with E-state index in [9.17, 15) is 8.42 Å². The van der Waals surface area contributed by atoms with Crippen molar-refractivity contribution in [3.05, 3.63) is 53.4 Å². The number of imidazole rings is 1. The maximum absolute atomic E-state index is 12.7. The number of benzene rings is 1. The average Bonchev–Trinajstić information content (AvgIpc) is 3.19. The van der Waals surface area contributed by atoms with Crippen molar-refractivity contribution in [2.45, 2.75) is 38.1 Å². The molecule has 3 rings (SSSR count). The molecular formula is C16H18N4O3S. The van der Waals surface area contributed by atoms with Crippen LogP contribution in [0.4, 0.5) is 0 Å². The van der Waals surface area contributed by atoms with Crippen LogP contribution in [0.1, 0.15) is 29.8 Å². The van der Waals surface area contributed by atoms with Crippen LogP contribution in [0, 0.1) is 13.8 Å². The van der Waals surface area contributed by atoms with Crippen molar-refractivity contribution in [1.29, 1.82) is 0 Å². The summed E-state index contributed by atoms with van der Waals surface area (Å²) in [4.78, 5) is 8.11. The van der Waals surface area contributed by atoms with Crippen LogP contribution < -0.4 is 0 Å².